The molecule has 1 atom stereocenters. The van der Waals surface area contributed by atoms with Gasteiger partial charge in [0.25, 0.3) is 0 Å². The first-order chi connectivity index (χ1) is 13.5. The van der Waals surface area contributed by atoms with Crippen molar-refractivity contribution in [3.8, 4) is 0 Å². The maximum absolute atomic E-state index is 12.9. The molecule has 1 aromatic heterocycles. The Morgan fingerprint density at radius 1 is 1.07 bits per heavy atom. The van der Waals surface area contributed by atoms with E-state index in [1.807, 2.05) is 40.7 Å². The maximum atomic E-state index is 12.9. The summed E-state index contributed by atoms with van der Waals surface area (Å²) >= 11 is 0. The summed E-state index contributed by atoms with van der Waals surface area (Å²) in [6.45, 7) is 11.2. The molecule has 2 fully saturated rings. The topological polar surface area (TPSA) is 95.5 Å². The smallest absolute Gasteiger partial charge is 0.229 e. The number of aromatic nitrogens is 2. The number of rotatable bonds is 3. The number of anilines is 1. The third kappa shape index (κ3) is 4.92. The summed E-state index contributed by atoms with van der Waals surface area (Å²) in [6.07, 6.45) is 1.48. The van der Waals surface area contributed by atoms with E-state index in [2.05, 4.69) is 15.3 Å². The Kier molecular flexibility index (Phi) is 5.91. The average Bonchev–Trinajstić information content (AvgIpc) is 3.02. The molecule has 29 heavy (non-hydrogen) atoms. The molecule has 0 bridgehead atoms. The zero-order valence-electron chi connectivity index (χ0n) is 18.0. The zero-order valence-corrected chi connectivity index (χ0v) is 18.0. The van der Waals surface area contributed by atoms with Gasteiger partial charge in [0, 0.05) is 48.9 Å². The van der Waals surface area contributed by atoms with Crippen LogP contribution in [0.25, 0.3) is 0 Å². The highest BCUT2D eigenvalue weighted by Crippen LogP contribution is 2.28. The molecule has 0 spiro atoms. The molecular formula is C21H31N5O3. The molecule has 1 aromatic rings. The van der Waals surface area contributed by atoms with E-state index in [1.165, 1.54) is 0 Å². The third-order valence-electron chi connectivity index (χ3n) is 5.68. The Morgan fingerprint density at radius 3 is 2.17 bits per heavy atom. The lowest BCUT2D eigenvalue weighted by Gasteiger charge is -2.34. The van der Waals surface area contributed by atoms with Crippen molar-refractivity contribution in [3.05, 3.63) is 17.5 Å². The zero-order chi connectivity index (χ0) is 21.3. The van der Waals surface area contributed by atoms with Gasteiger partial charge in [-0.25, -0.2) is 9.97 Å². The van der Waals surface area contributed by atoms with Crippen LogP contribution < -0.4 is 5.32 Å². The van der Waals surface area contributed by atoms with Crippen molar-refractivity contribution in [3.63, 3.8) is 0 Å². The van der Waals surface area contributed by atoms with Gasteiger partial charge in [0.1, 0.15) is 0 Å². The van der Waals surface area contributed by atoms with Crippen molar-refractivity contribution in [2.24, 2.45) is 11.8 Å². The van der Waals surface area contributed by atoms with Crippen molar-refractivity contribution < 1.29 is 14.4 Å². The molecule has 3 amide bonds. The number of piperidine rings is 1. The number of nitrogens with one attached hydrogen (secondary N) is 1. The van der Waals surface area contributed by atoms with Crippen molar-refractivity contribution >= 4 is 23.7 Å². The summed E-state index contributed by atoms with van der Waals surface area (Å²) in [5.41, 5.74) is 1.35. The van der Waals surface area contributed by atoms with Crippen molar-refractivity contribution in [2.45, 2.75) is 59.4 Å². The second-order valence-corrected chi connectivity index (χ2v) is 9.14. The molecule has 2 aliphatic rings. The van der Waals surface area contributed by atoms with Crippen LogP contribution in [0, 0.1) is 25.7 Å². The predicted octanol–water partition coefficient (Wildman–Crippen LogP) is 1.92. The van der Waals surface area contributed by atoms with E-state index in [-0.39, 0.29) is 41.5 Å². The Bertz CT molecular complexity index is 789. The number of hydrogen-bond acceptors (Lipinski definition) is 5. The minimum absolute atomic E-state index is 0.0293. The molecular weight excluding hydrogens is 370 g/mol. The second kappa shape index (κ2) is 8.08. The molecule has 0 aromatic carbocycles. The van der Waals surface area contributed by atoms with E-state index in [1.54, 1.807) is 9.80 Å². The van der Waals surface area contributed by atoms with E-state index in [9.17, 15) is 14.4 Å². The van der Waals surface area contributed by atoms with Crippen LogP contribution in [0.5, 0.6) is 0 Å². The lowest BCUT2D eigenvalue weighted by Crippen LogP contribution is -2.46. The Morgan fingerprint density at radius 2 is 1.66 bits per heavy atom. The predicted molar refractivity (Wildman–Crippen MR) is 109 cm³/mol. The molecule has 1 N–H and O–H groups in total. The van der Waals surface area contributed by atoms with Crippen molar-refractivity contribution in [1.29, 1.82) is 0 Å². The van der Waals surface area contributed by atoms with Crippen LogP contribution >= 0.6 is 0 Å². The molecule has 158 valence electrons. The van der Waals surface area contributed by atoms with E-state index in [4.69, 9.17) is 0 Å². The molecule has 0 radical (unpaired) electrons. The van der Waals surface area contributed by atoms with Gasteiger partial charge in [-0.15, -0.1) is 0 Å². The standard InChI is InChI=1S/C21H31N5O3/c1-13-10-14(2)23-20(22-13)24-18(28)15-6-8-25(9-7-15)19(29)16-11-17(27)26(12-16)21(3,4)5/h10,15-16H,6-9,11-12H2,1-5H3,(H,22,23,24,28). The third-order valence-corrected chi connectivity index (χ3v) is 5.68. The minimum Gasteiger partial charge on any atom is -0.342 e. The first-order valence-corrected chi connectivity index (χ1v) is 10.3. The number of aryl methyl sites for hydroxylation is 2. The van der Waals surface area contributed by atoms with Gasteiger partial charge in [-0.3, -0.25) is 19.7 Å². The van der Waals surface area contributed by atoms with Crippen molar-refractivity contribution in [1.82, 2.24) is 19.8 Å². The van der Waals surface area contributed by atoms with Gasteiger partial charge in [0.15, 0.2) is 0 Å². The van der Waals surface area contributed by atoms with Gasteiger partial charge in [-0.1, -0.05) is 0 Å². The molecule has 8 nitrogen and oxygen atoms in total. The number of carbonyl (C=O) groups is 3. The fourth-order valence-corrected chi connectivity index (χ4v) is 4.14. The van der Waals surface area contributed by atoms with Crippen LogP contribution in [0.4, 0.5) is 5.95 Å². The van der Waals surface area contributed by atoms with Gasteiger partial charge in [0.05, 0.1) is 5.92 Å². The first kappa shape index (κ1) is 21.2. The summed E-state index contributed by atoms with van der Waals surface area (Å²) in [4.78, 5) is 49.8. The van der Waals surface area contributed by atoms with Crippen LogP contribution in [0.1, 0.15) is 51.4 Å². The van der Waals surface area contributed by atoms with Gasteiger partial charge in [0.2, 0.25) is 23.7 Å². The summed E-state index contributed by atoms with van der Waals surface area (Å²) < 4.78 is 0. The van der Waals surface area contributed by atoms with Gasteiger partial charge < -0.3 is 9.80 Å². The van der Waals surface area contributed by atoms with E-state index in [0.717, 1.165) is 11.4 Å². The molecule has 2 aliphatic heterocycles. The molecule has 2 saturated heterocycles. The van der Waals surface area contributed by atoms with E-state index < -0.39 is 0 Å². The summed E-state index contributed by atoms with van der Waals surface area (Å²) in [5, 5.41) is 2.80. The van der Waals surface area contributed by atoms with Crippen molar-refractivity contribution in [2.75, 3.05) is 25.0 Å². The quantitative estimate of drug-likeness (QED) is 0.835. The summed E-state index contributed by atoms with van der Waals surface area (Å²) in [7, 11) is 0. The molecule has 8 heteroatoms. The molecule has 1 unspecified atom stereocenters. The van der Waals surface area contributed by atoms with Crippen LogP contribution in [-0.2, 0) is 14.4 Å². The summed E-state index contributed by atoms with van der Waals surface area (Å²) in [6, 6.07) is 1.86. The number of carbonyl (C=O) groups excluding carboxylic acids is 3. The number of nitrogens with zero attached hydrogens (tertiary/aromatic N) is 4. The molecule has 3 heterocycles. The SMILES string of the molecule is Cc1cc(C)nc(NC(=O)C2CCN(C(=O)C3CC(=O)N(C(C)(C)C)C3)CC2)n1. The van der Waals surface area contributed by atoms with Crippen LogP contribution in [0.15, 0.2) is 6.07 Å². The maximum Gasteiger partial charge on any atom is 0.229 e. The average molecular weight is 402 g/mol. The summed E-state index contributed by atoms with van der Waals surface area (Å²) in [5.74, 6) is -0.148. The highest BCUT2D eigenvalue weighted by atomic mass is 16.2. The van der Waals surface area contributed by atoms with Gasteiger partial charge in [-0.05, 0) is 53.5 Å². The molecule has 3 rings (SSSR count). The lowest BCUT2D eigenvalue weighted by atomic mass is 9.94. The van der Waals surface area contributed by atoms with Crippen LogP contribution in [0.3, 0.4) is 0 Å². The highest BCUT2D eigenvalue weighted by molar-refractivity contribution is 5.92. The Hall–Kier alpha value is -2.51. The monoisotopic (exact) mass is 401 g/mol. The Labute approximate surface area is 172 Å². The molecule has 0 saturated carbocycles. The Balaban J connectivity index is 1.53. The molecule has 0 aliphatic carbocycles. The van der Waals surface area contributed by atoms with E-state index >= 15 is 0 Å². The second-order valence-electron chi connectivity index (χ2n) is 9.14. The fourth-order valence-electron chi connectivity index (χ4n) is 4.14. The minimum atomic E-state index is -0.282. The van der Waals surface area contributed by atoms with Gasteiger partial charge >= 0.3 is 0 Å². The van der Waals surface area contributed by atoms with Gasteiger partial charge in [-0.2, -0.15) is 0 Å². The van der Waals surface area contributed by atoms with E-state index in [0.29, 0.717) is 38.4 Å². The largest absolute Gasteiger partial charge is 0.342 e. The number of amides is 3. The normalized spacial score (nSPS) is 20.9. The fraction of sp³-hybridized carbons (Fsp3) is 0.667. The van der Waals surface area contributed by atoms with Crippen LogP contribution in [-0.4, -0.2) is 62.7 Å². The lowest BCUT2D eigenvalue weighted by molar-refractivity contribution is -0.138. The first-order valence-electron chi connectivity index (χ1n) is 10.3. The number of hydrogen-bond donors (Lipinski definition) is 1. The number of likely N-dealkylation sites (tertiary alicyclic amines) is 2. The van der Waals surface area contributed by atoms with Crippen LogP contribution in [0.2, 0.25) is 0 Å². The highest BCUT2D eigenvalue weighted by Gasteiger charge is 2.41.